The molecule has 1 amide bonds. The third-order valence-electron chi connectivity index (χ3n) is 4.97. The number of hydrogen-bond acceptors (Lipinski definition) is 4. The van der Waals surface area contributed by atoms with Crippen molar-refractivity contribution in [1.29, 1.82) is 0 Å². The average molecular weight is 320 g/mol. The van der Waals surface area contributed by atoms with Crippen LogP contribution in [-0.2, 0) is 10.2 Å². The van der Waals surface area contributed by atoms with Gasteiger partial charge in [-0.15, -0.1) is 0 Å². The molecule has 0 spiro atoms. The highest BCUT2D eigenvalue weighted by Gasteiger charge is 2.41. The standard InChI is InChI=1S/C17H25FN4O/c1-17(2,12-5-3-4-6-13(12)18)10-20-16(23)15-11-9-19-8-7-14(11)21-22-15/h3-6,11,14-15,19,21-22H,7-10H2,1-2H3,(H,20,23). The Bertz CT molecular complexity index is 577. The quantitative estimate of drug-likeness (QED) is 0.659. The second-order valence-electron chi connectivity index (χ2n) is 7.11. The number of hydrazine groups is 1. The number of amides is 1. The van der Waals surface area contributed by atoms with Crippen LogP contribution >= 0.6 is 0 Å². The zero-order valence-electron chi connectivity index (χ0n) is 13.7. The van der Waals surface area contributed by atoms with Crippen molar-refractivity contribution in [1.82, 2.24) is 21.5 Å². The number of piperidine rings is 1. The first-order valence-corrected chi connectivity index (χ1v) is 8.23. The smallest absolute Gasteiger partial charge is 0.238 e. The lowest BCUT2D eigenvalue weighted by Gasteiger charge is -2.29. The number of carbonyl (C=O) groups excluding carboxylic acids is 1. The Hall–Kier alpha value is -1.50. The Morgan fingerprint density at radius 3 is 2.91 bits per heavy atom. The Labute approximate surface area is 136 Å². The first kappa shape index (κ1) is 16.4. The molecule has 2 saturated heterocycles. The van der Waals surface area contributed by atoms with Crippen LogP contribution in [0, 0.1) is 11.7 Å². The number of nitrogens with one attached hydrogen (secondary N) is 4. The fraction of sp³-hybridized carbons (Fsp3) is 0.588. The molecule has 2 aliphatic heterocycles. The van der Waals surface area contributed by atoms with E-state index in [1.807, 2.05) is 19.9 Å². The fourth-order valence-corrected chi connectivity index (χ4v) is 3.50. The molecule has 23 heavy (non-hydrogen) atoms. The van der Waals surface area contributed by atoms with E-state index in [4.69, 9.17) is 0 Å². The predicted molar refractivity (Wildman–Crippen MR) is 87.3 cm³/mol. The monoisotopic (exact) mass is 320 g/mol. The SMILES string of the molecule is CC(C)(CNC(=O)C1NNC2CCNCC21)c1ccccc1F. The summed E-state index contributed by atoms with van der Waals surface area (Å²) in [6.07, 6.45) is 1.02. The summed E-state index contributed by atoms with van der Waals surface area (Å²) in [5.74, 6) is -0.0117. The van der Waals surface area contributed by atoms with E-state index >= 15 is 0 Å². The summed E-state index contributed by atoms with van der Waals surface area (Å²) in [6, 6.07) is 6.83. The number of benzene rings is 1. The molecule has 4 N–H and O–H groups in total. The zero-order valence-corrected chi connectivity index (χ0v) is 13.7. The summed E-state index contributed by atoms with van der Waals surface area (Å²) < 4.78 is 14.0. The van der Waals surface area contributed by atoms with Gasteiger partial charge < -0.3 is 10.6 Å². The average Bonchev–Trinajstić information content (AvgIpc) is 2.97. The first-order valence-electron chi connectivity index (χ1n) is 8.23. The van der Waals surface area contributed by atoms with Crippen LogP contribution in [0.15, 0.2) is 24.3 Å². The highest BCUT2D eigenvalue weighted by molar-refractivity contribution is 5.82. The summed E-state index contributed by atoms with van der Waals surface area (Å²) in [6.45, 7) is 6.09. The van der Waals surface area contributed by atoms with Crippen molar-refractivity contribution in [2.24, 2.45) is 5.92 Å². The number of carbonyl (C=O) groups is 1. The van der Waals surface area contributed by atoms with Crippen LogP contribution in [-0.4, -0.2) is 37.6 Å². The number of fused-ring (bicyclic) bond motifs is 1. The predicted octanol–water partition coefficient (Wildman–Crippen LogP) is 0.674. The van der Waals surface area contributed by atoms with E-state index in [0.29, 0.717) is 18.2 Å². The van der Waals surface area contributed by atoms with Gasteiger partial charge in [-0.25, -0.2) is 9.82 Å². The molecular weight excluding hydrogens is 295 g/mol. The van der Waals surface area contributed by atoms with Gasteiger partial charge in [-0.2, -0.15) is 0 Å². The van der Waals surface area contributed by atoms with Crippen LogP contribution < -0.4 is 21.5 Å². The highest BCUT2D eigenvalue weighted by atomic mass is 19.1. The van der Waals surface area contributed by atoms with Crippen molar-refractivity contribution in [2.75, 3.05) is 19.6 Å². The molecule has 6 heteroatoms. The lowest BCUT2D eigenvalue weighted by atomic mass is 9.83. The number of halogens is 1. The van der Waals surface area contributed by atoms with Crippen LogP contribution in [0.4, 0.5) is 4.39 Å². The fourth-order valence-electron chi connectivity index (χ4n) is 3.50. The first-order chi connectivity index (χ1) is 11.0. The summed E-state index contributed by atoms with van der Waals surface area (Å²) >= 11 is 0. The lowest BCUT2D eigenvalue weighted by molar-refractivity contribution is -0.124. The maximum atomic E-state index is 14.0. The molecule has 0 saturated carbocycles. The van der Waals surface area contributed by atoms with Crippen LogP contribution in [0.25, 0.3) is 0 Å². The number of hydrogen-bond donors (Lipinski definition) is 4. The molecule has 2 aliphatic rings. The molecule has 5 nitrogen and oxygen atoms in total. The normalized spacial score (nSPS) is 27.5. The summed E-state index contributed by atoms with van der Waals surface area (Å²) in [4.78, 5) is 12.5. The Balaban J connectivity index is 1.61. The highest BCUT2D eigenvalue weighted by Crippen LogP contribution is 2.25. The van der Waals surface area contributed by atoms with Gasteiger partial charge in [-0.3, -0.25) is 10.2 Å². The van der Waals surface area contributed by atoms with Crippen molar-refractivity contribution in [2.45, 2.75) is 37.8 Å². The molecule has 3 atom stereocenters. The molecule has 1 aromatic carbocycles. The molecule has 0 radical (unpaired) electrons. The molecule has 2 fully saturated rings. The Morgan fingerprint density at radius 2 is 2.13 bits per heavy atom. The van der Waals surface area contributed by atoms with E-state index in [-0.39, 0.29) is 23.7 Å². The van der Waals surface area contributed by atoms with E-state index in [0.717, 1.165) is 19.5 Å². The van der Waals surface area contributed by atoms with Crippen LogP contribution in [0.1, 0.15) is 25.8 Å². The van der Waals surface area contributed by atoms with Crippen LogP contribution in [0.5, 0.6) is 0 Å². The van der Waals surface area contributed by atoms with E-state index in [1.165, 1.54) is 6.07 Å². The van der Waals surface area contributed by atoms with Crippen LogP contribution in [0.3, 0.4) is 0 Å². The molecule has 3 rings (SSSR count). The maximum absolute atomic E-state index is 14.0. The third-order valence-corrected chi connectivity index (χ3v) is 4.97. The minimum absolute atomic E-state index is 0.0295. The molecule has 126 valence electrons. The number of rotatable bonds is 4. The van der Waals surface area contributed by atoms with Crippen molar-refractivity contribution in [3.8, 4) is 0 Å². The van der Waals surface area contributed by atoms with E-state index in [9.17, 15) is 9.18 Å². The van der Waals surface area contributed by atoms with E-state index < -0.39 is 5.41 Å². The van der Waals surface area contributed by atoms with Crippen LogP contribution in [0.2, 0.25) is 0 Å². The van der Waals surface area contributed by atoms with Gasteiger partial charge in [0.05, 0.1) is 0 Å². The van der Waals surface area contributed by atoms with Crippen molar-refractivity contribution < 1.29 is 9.18 Å². The largest absolute Gasteiger partial charge is 0.354 e. The molecule has 0 bridgehead atoms. The van der Waals surface area contributed by atoms with Gasteiger partial charge in [0.15, 0.2) is 0 Å². The van der Waals surface area contributed by atoms with Gasteiger partial charge in [0.2, 0.25) is 5.91 Å². The van der Waals surface area contributed by atoms with Gasteiger partial charge in [0, 0.05) is 30.5 Å². The van der Waals surface area contributed by atoms with E-state index in [2.05, 4.69) is 21.5 Å². The van der Waals surface area contributed by atoms with Crippen molar-refractivity contribution in [3.05, 3.63) is 35.6 Å². The lowest BCUT2D eigenvalue weighted by Crippen LogP contribution is -2.51. The minimum Gasteiger partial charge on any atom is -0.354 e. The van der Waals surface area contributed by atoms with Gasteiger partial charge in [0.1, 0.15) is 11.9 Å². The molecule has 3 unspecified atom stereocenters. The maximum Gasteiger partial charge on any atom is 0.238 e. The van der Waals surface area contributed by atoms with Crippen molar-refractivity contribution in [3.63, 3.8) is 0 Å². The molecule has 1 aromatic rings. The summed E-state index contributed by atoms with van der Waals surface area (Å²) in [5, 5.41) is 6.32. The summed E-state index contributed by atoms with van der Waals surface area (Å²) in [5.41, 5.74) is 6.49. The van der Waals surface area contributed by atoms with Crippen molar-refractivity contribution >= 4 is 5.91 Å². The molecule has 2 heterocycles. The third kappa shape index (κ3) is 3.39. The topological polar surface area (TPSA) is 65.2 Å². The van der Waals surface area contributed by atoms with Gasteiger partial charge in [0.25, 0.3) is 0 Å². The second-order valence-corrected chi connectivity index (χ2v) is 7.11. The van der Waals surface area contributed by atoms with Gasteiger partial charge in [-0.05, 0) is 24.6 Å². The molecule has 0 aromatic heterocycles. The molecule has 0 aliphatic carbocycles. The van der Waals surface area contributed by atoms with Gasteiger partial charge >= 0.3 is 0 Å². The Kier molecular flexibility index (Phi) is 4.66. The van der Waals surface area contributed by atoms with E-state index in [1.54, 1.807) is 12.1 Å². The molecular formula is C17H25FN4O. The zero-order chi connectivity index (χ0) is 16.4. The summed E-state index contributed by atoms with van der Waals surface area (Å²) in [7, 11) is 0. The minimum atomic E-state index is -0.461. The second kappa shape index (κ2) is 6.55. The Morgan fingerprint density at radius 1 is 1.35 bits per heavy atom. The van der Waals surface area contributed by atoms with Gasteiger partial charge in [-0.1, -0.05) is 32.0 Å².